The maximum Gasteiger partial charge on any atom is 0.387 e. The number of aromatic nitrogens is 1. The zero-order valence-corrected chi connectivity index (χ0v) is 14.1. The van der Waals surface area contributed by atoms with Gasteiger partial charge < -0.3 is 9.47 Å². The van der Waals surface area contributed by atoms with Gasteiger partial charge in [-0.3, -0.25) is 4.98 Å². The van der Waals surface area contributed by atoms with Gasteiger partial charge in [-0.05, 0) is 24.8 Å². The highest BCUT2D eigenvalue weighted by Crippen LogP contribution is 2.38. The summed E-state index contributed by atoms with van der Waals surface area (Å²) in [6.45, 7) is 2.74. The molecule has 1 unspecified atom stereocenters. The molecule has 3 nitrogen and oxygen atoms in total. The third-order valence-corrected chi connectivity index (χ3v) is 4.13. The van der Waals surface area contributed by atoms with Crippen molar-refractivity contribution >= 4 is 23.2 Å². The number of hydrogen-bond acceptors (Lipinski definition) is 3. The highest BCUT2D eigenvalue weighted by Gasteiger charge is 2.27. The normalized spacial score (nSPS) is 16.8. The van der Waals surface area contributed by atoms with E-state index in [1.54, 1.807) is 6.92 Å². The van der Waals surface area contributed by atoms with Gasteiger partial charge in [0.05, 0.1) is 16.7 Å². The Kier molecular flexibility index (Phi) is 6.25. The van der Waals surface area contributed by atoms with Gasteiger partial charge in [0.25, 0.3) is 0 Å². The summed E-state index contributed by atoms with van der Waals surface area (Å²) in [7, 11) is 0. The number of pyridine rings is 1. The summed E-state index contributed by atoms with van der Waals surface area (Å²) in [4.78, 5) is 3.86. The molecule has 0 spiro atoms. The Labute approximate surface area is 143 Å². The largest absolute Gasteiger partial charge is 0.490 e. The number of alkyl halides is 2. The van der Waals surface area contributed by atoms with Crippen LogP contribution in [0.15, 0.2) is 36.6 Å². The molecular weight excluding hydrogens is 347 g/mol. The molecule has 23 heavy (non-hydrogen) atoms. The predicted octanol–water partition coefficient (Wildman–Crippen LogP) is 5.56. The summed E-state index contributed by atoms with van der Waals surface area (Å²) in [6, 6.07) is 0. The molecule has 0 N–H and O–H groups in total. The lowest BCUT2D eigenvalue weighted by Gasteiger charge is -2.21. The lowest BCUT2D eigenvalue weighted by Crippen LogP contribution is -2.12. The van der Waals surface area contributed by atoms with Crippen molar-refractivity contribution in [2.24, 2.45) is 5.92 Å². The Balaban J connectivity index is 2.36. The van der Waals surface area contributed by atoms with Crippen molar-refractivity contribution in [2.45, 2.75) is 32.3 Å². The number of nitrogens with zero attached hydrogens (tertiary/aromatic N) is 1. The first kappa shape index (κ1) is 18.0. The van der Waals surface area contributed by atoms with Crippen LogP contribution in [0.3, 0.4) is 0 Å². The lowest BCUT2D eigenvalue weighted by molar-refractivity contribution is -0.104. The lowest BCUT2D eigenvalue weighted by atomic mass is 9.99. The molecule has 1 heterocycles. The topological polar surface area (TPSA) is 31.4 Å². The molecule has 126 valence electrons. The van der Waals surface area contributed by atoms with Crippen LogP contribution in [0.25, 0.3) is 0 Å². The van der Waals surface area contributed by atoms with E-state index in [-0.39, 0.29) is 21.6 Å². The van der Waals surface area contributed by atoms with E-state index in [1.165, 1.54) is 18.5 Å². The van der Waals surface area contributed by atoms with Gasteiger partial charge >= 0.3 is 6.61 Å². The van der Waals surface area contributed by atoms with Crippen molar-refractivity contribution in [1.82, 2.24) is 4.98 Å². The fourth-order valence-corrected chi connectivity index (χ4v) is 2.85. The average molecular weight is 364 g/mol. The summed E-state index contributed by atoms with van der Waals surface area (Å²) in [6.07, 6.45) is 6.31. The van der Waals surface area contributed by atoms with E-state index in [9.17, 15) is 8.78 Å². The van der Waals surface area contributed by atoms with Gasteiger partial charge in [0.2, 0.25) is 0 Å². The maximum absolute atomic E-state index is 12.8. The molecule has 0 amide bonds. The van der Waals surface area contributed by atoms with Crippen LogP contribution >= 0.6 is 23.2 Å². The number of rotatable bonds is 8. The van der Waals surface area contributed by atoms with Crippen molar-refractivity contribution in [3.63, 3.8) is 0 Å². The number of allylic oxidation sites excluding steroid dienone is 2. The van der Waals surface area contributed by atoms with Crippen LogP contribution in [0.2, 0.25) is 10.0 Å². The first-order chi connectivity index (χ1) is 10.9. The standard InChI is InChI=1S/C16H17Cl2F2NO2/c1-3-13(22-8-10-4-5-10)15(23-16(19)20)9(2)14-11(17)6-21-7-12(14)18/h3,6-7,9-10,16H,1,4-5,8H2,2H3/b15-13-. The molecule has 0 saturated heterocycles. The molecule has 1 atom stereocenters. The Morgan fingerprint density at radius 2 is 2.00 bits per heavy atom. The summed E-state index contributed by atoms with van der Waals surface area (Å²) in [5, 5.41) is 0.539. The Hall–Kier alpha value is -1.33. The molecule has 1 aromatic rings. The Bertz CT molecular complexity index is 583. The van der Waals surface area contributed by atoms with Gasteiger partial charge in [-0.15, -0.1) is 0 Å². The predicted molar refractivity (Wildman–Crippen MR) is 85.7 cm³/mol. The van der Waals surface area contributed by atoms with E-state index in [0.717, 1.165) is 12.8 Å². The zero-order valence-electron chi connectivity index (χ0n) is 12.6. The SMILES string of the molecule is C=C/C(OCC1CC1)=C(/OC(F)F)C(C)c1c(Cl)cncc1Cl. The van der Waals surface area contributed by atoms with Crippen LogP contribution in [0.4, 0.5) is 8.78 Å². The van der Waals surface area contributed by atoms with Crippen LogP contribution in [-0.2, 0) is 9.47 Å². The molecule has 0 radical (unpaired) electrons. The molecule has 0 bridgehead atoms. The summed E-state index contributed by atoms with van der Waals surface area (Å²) < 4.78 is 36.0. The molecule has 0 aromatic carbocycles. The minimum atomic E-state index is -2.99. The fourth-order valence-electron chi connectivity index (χ4n) is 2.16. The molecule has 1 aliphatic rings. The van der Waals surface area contributed by atoms with E-state index >= 15 is 0 Å². The van der Waals surface area contributed by atoms with Crippen molar-refractivity contribution < 1.29 is 18.3 Å². The number of hydrogen-bond donors (Lipinski definition) is 0. The molecule has 2 rings (SSSR count). The minimum Gasteiger partial charge on any atom is -0.490 e. The van der Waals surface area contributed by atoms with Crippen molar-refractivity contribution in [2.75, 3.05) is 6.61 Å². The second kappa shape index (κ2) is 7.97. The van der Waals surface area contributed by atoms with Gasteiger partial charge in [0.1, 0.15) is 0 Å². The van der Waals surface area contributed by atoms with Crippen molar-refractivity contribution in [1.29, 1.82) is 0 Å². The van der Waals surface area contributed by atoms with Crippen LogP contribution in [0.5, 0.6) is 0 Å². The molecule has 1 fully saturated rings. The van der Waals surface area contributed by atoms with E-state index in [4.69, 9.17) is 32.7 Å². The van der Waals surface area contributed by atoms with Gasteiger partial charge in [-0.25, -0.2) is 0 Å². The van der Waals surface area contributed by atoms with Crippen molar-refractivity contribution in [3.05, 3.63) is 52.2 Å². The minimum absolute atomic E-state index is 0.0503. The second-order valence-corrected chi connectivity index (χ2v) is 6.12. The molecular formula is C16H17Cl2F2NO2. The van der Waals surface area contributed by atoms with Gasteiger partial charge in [-0.2, -0.15) is 8.78 Å². The highest BCUT2D eigenvalue weighted by atomic mass is 35.5. The fraction of sp³-hybridized carbons (Fsp3) is 0.438. The molecule has 0 aliphatic heterocycles. The van der Waals surface area contributed by atoms with E-state index < -0.39 is 12.5 Å². The number of ether oxygens (including phenoxy) is 2. The third-order valence-electron chi connectivity index (χ3n) is 3.53. The van der Waals surface area contributed by atoms with Crippen LogP contribution < -0.4 is 0 Å². The molecule has 1 saturated carbocycles. The van der Waals surface area contributed by atoms with E-state index in [0.29, 0.717) is 18.1 Å². The van der Waals surface area contributed by atoms with Gasteiger partial charge in [-0.1, -0.05) is 36.7 Å². The summed E-state index contributed by atoms with van der Waals surface area (Å²) in [5.74, 6) is -0.0559. The van der Waals surface area contributed by atoms with Crippen LogP contribution in [0, 0.1) is 5.92 Å². The average Bonchev–Trinajstić information content (AvgIpc) is 3.30. The van der Waals surface area contributed by atoms with Crippen LogP contribution in [-0.4, -0.2) is 18.2 Å². The smallest absolute Gasteiger partial charge is 0.387 e. The van der Waals surface area contributed by atoms with Crippen molar-refractivity contribution in [3.8, 4) is 0 Å². The van der Waals surface area contributed by atoms with E-state index in [2.05, 4.69) is 11.6 Å². The second-order valence-electron chi connectivity index (χ2n) is 5.30. The Morgan fingerprint density at radius 1 is 1.39 bits per heavy atom. The van der Waals surface area contributed by atoms with Crippen LogP contribution in [0.1, 0.15) is 31.2 Å². The first-order valence-electron chi connectivity index (χ1n) is 7.17. The monoisotopic (exact) mass is 363 g/mol. The zero-order chi connectivity index (χ0) is 17.0. The first-order valence-corrected chi connectivity index (χ1v) is 7.92. The van der Waals surface area contributed by atoms with Gasteiger partial charge in [0.15, 0.2) is 11.5 Å². The van der Waals surface area contributed by atoms with E-state index in [1.807, 2.05) is 0 Å². The third kappa shape index (κ3) is 4.82. The molecule has 7 heteroatoms. The molecule has 1 aromatic heterocycles. The highest BCUT2D eigenvalue weighted by molar-refractivity contribution is 6.35. The maximum atomic E-state index is 12.8. The summed E-state index contributed by atoms with van der Waals surface area (Å²) in [5.41, 5.74) is 0.452. The number of halogens is 4. The quantitative estimate of drug-likeness (QED) is 0.447. The molecule has 1 aliphatic carbocycles. The summed E-state index contributed by atoms with van der Waals surface area (Å²) >= 11 is 12.2. The van der Waals surface area contributed by atoms with Gasteiger partial charge in [0, 0.05) is 23.9 Å². The Morgan fingerprint density at radius 3 is 2.48 bits per heavy atom.